The monoisotopic (exact) mass is 469 g/mol. The van der Waals surface area contributed by atoms with Crippen molar-refractivity contribution >= 4 is 17.8 Å². The lowest BCUT2D eigenvalue weighted by atomic mass is 9.64. The Morgan fingerprint density at radius 3 is 2.53 bits per heavy atom. The van der Waals surface area contributed by atoms with Crippen LogP contribution in [0.1, 0.15) is 51.2 Å². The van der Waals surface area contributed by atoms with Crippen LogP contribution >= 0.6 is 0 Å². The number of amides is 4. The zero-order chi connectivity index (χ0) is 24.5. The second-order valence-corrected chi connectivity index (χ2v) is 11.4. The van der Waals surface area contributed by atoms with Gasteiger partial charge in [-0.25, -0.2) is 4.79 Å². The summed E-state index contributed by atoms with van der Waals surface area (Å²) in [4.78, 5) is 44.4. The highest BCUT2D eigenvalue weighted by Crippen LogP contribution is 2.46. The van der Waals surface area contributed by atoms with Crippen LogP contribution in [0, 0.1) is 11.3 Å². The number of hydrogen-bond acceptors (Lipinski definition) is 5. The second kappa shape index (κ2) is 9.66. The van der Waals surface area contributed by atoms with Crippen molar-refractivity contribution in [2.24, 2.45) is 11.3 Å². The van der Waals surface area contributed by atoms with E-state index >= 15 is 0 Å². The Morgan fingerprint density at radius 2 is 1.82 bits per heavy atom. The molecule has 0 radical (unpaired) electrons. The van der Waals surface area contributed by atoms with Crippen molar-refractivity contribution in [3.8, 4) is 0 Å². The third kappa shape index (κ3) is 5.61. The number of nitrogens with zero attached hydrogens (tertiary/aromatic N) is 3. The molecule has 1 saturated carbocycles. The maximum atomic E-state index is 13.2. The van der Waals surface area contributed by atoms with E-state index in [0.29, 0.717) is 25.3 Å². The molecule has 34 heavy (non-hydrogen) atoms. The van der Waals surface area contributed by atoms with Crippen molar-refractivity contribution in [3.63, 3.8) is 0 Å². The standard InChI is InChI=1S/C26H39N5O3/c1-19-13-25(2,3)18-26(14-19)23(33)31(24(34)28-26)17-22(32)27-15-20-6-5-7-21(12-20)16-30-10-8-29(4)9-11-30/h5-7,12,19H,8-11,13-18H2,1-4H3,(H,27,32)(H,28,34). The van der Waals surface area contributed by atoms with Crippen LogP contribution in [-0.4, -0.2) is 77.9 Å². The summed E-state index contributed by atoms with van der Waals surface area (Å²) in [6.45, 7) is 11.7. The summed E-state index contributed by atoms with van der Waals surface area (Å²) in [7, 11) is 2.15. The lowest BCUT2D eigenvalue weighted by Gasteiger charge is -2.43. The zero-order valence-electron chi connectivity index (χ0n) is 21.0. The van der Waals surface area contributed by atoms with Gasteiger partial charge in [-0.3, -0.25) is 19.4 Å². The van der Waals surface area contributed by atoms with E-state index in [1.54, 1.807) is 0 Å². The van der Waals surface area contributed by atoms with Crippen LogP contribution in [0.4, 0.5) is 4.79 Å². The van der Waals surface area contributed by atoms with Gasteiger partial charge in [-0.2, -0.15) is 0 Å². The number of hydrogen-bond donors (Lipinski definition) is 2. The number of carbonyl (C=O) groups is 3. The van der Waals surface area contributed by atoms with E-state index in [-0.39, 0.29) is 23.8 Å². The SMILES string of the molecule is CC1CC(C)(C)CC2(C1)NC(=O)N(CC(=O)NCc1cccc(CN3CCN(C)CC3)c1)C2=O. The van der Waals surface area contributed by atoms with Gasteiger partial charge in [0.2, 0.25) is 5.91 Å². The minimum atomic E-state index is -0.879. The molecule has 2 aliphatic heterocycles. The van der Waals surface area contributed by atoms with Crippen LogP contribution in [-0.2, 0) is 22.7 Å². The number of likely N-dealkylation sites (N-methyl/N-ethyl adjacent to an activating group) is 1. The molecule has 0 aromatic heterocycles. The first-order valence-electron chi connectivity index (χ1n) is 12.4. The second-order valence-electron chi connectivity index (χ2n) is 11.4. The highest BCUT2D eigenvalue weighted by Gasteiger charge is 2.56. The number of urea groups is 1. The number of imide groups is 1. The summed E-state index contributed by atoms with van der Waals surface area (Å²) in [6.07, 6.45) is 2.25. The Bertz CT molecular complexity index is 940. The molecule has 1 aliphatic carbocycles. The van der Waals surface area contributed by atoms with Gasteiger partial charge in [0.05, 0.1) is 0 Å². The Labute approximate surface area is 203 Å². The predicted molar refractivity (Wildman–Crippen MR) is 131 cm³/mol. The van der Waals surface area contributed by atoms with E-state index in [0.717, 1.165) is 49.6 Å². The van der Waals surface area contributed by atoms with Crippen LogP contribution in [0.15, 0.2) is 24.3 Å². The van der Waals surface area contributed by atoms with Gasteiger partial charge in [0.15, 0.2) is 0 Å². The fraction of sp³-hybridized carbons (Fsp3) is 0.654. The molecular formula is C26H39N5O3. The maximum absolute atomic E-state index is 13.2. The minimum Gasteiger partial charge on any atom is -0.350 e. The van der Waals surface area contributed by atoms with Gasteiger partial charge in [0.1, 0.15) is 12.1 Å². The maximum Gasteiger partial charge on any atom is 0.325 e. The van der Waals surface area contributed by atoms with E-state index in [2.05, 4.69) is 60.4 Å². The first-order valence-corrected chi connectivity index (χ1v) is 12.4. The molecule has 3 aliphatic rings. The molecule has 2 unspecified atom stereocenters. The summed E-state index contributed by atoms with van der Waals surface area (Å²) < 4.78 is 0. The third-order valence-electron chi connectivity index (χ3n) is 7.41. The molecule has 4 amide bonds. The molecule has 2 heterocycles. The van der Waals surface area contributed by atoms with Crippen molar-refractivity contribution < 1.29 is 14.4 Å². The van der Waals surface area contributed by atoms with Crippen molar-refractivity contribution in [2.75, 3.05) is 39.8 Å². The molecule has 1 aromatic rings. The smallest absolute Gasteiger partial charge is 0.325 e. The first-order chi connectivity index (χ1) is 16.1. The molecule has 0 bridgehead atoms. The van der Waals surface area contributed by atoms with Crippen molar-refractivity contribution in [3.05, 3.63) is 35.4 Å². The summed E-state index contributed by atoms with van der Waals surface area (Å²) in [6, 6.07) is 7.77. The molecule has 2 atom stereocenters. The van der Waals surface area contributed by atoms with E-state index in [9.17, 15) is 14.4 Å². The number of carbonyl (C=O) groups excluding carboxylic acids is 3. The molecular weight excluding hydrogens is 430 g/mol. The Morgan fingerprint density at radius 1 is 1.12 bits per heavy atom. The van der Waals surface area contributed by atoms with Gasteiger partial charge in [0, 0.05) is 39.3 Å². The quantitative estimate of drug-likeness (QED) is 0.624. The molecule has 8 nitrogen and oxygen atoms in total. The summed E-state index contributed by atoms with van der Waals surface area (Å²) >= 11 is 0. The third-order valence-corrected chi connectivity index (χ3v) is 7.41. The zero-order valence-corrected chi connectivity index (χ0v) is 21.0. The molecule has 4 rings (SSSR count). The Hall–Kier alpha value is -2.45. The number of benzene rings is 1. The van der Waals surface area contributed by atoms with E-state index in [4.69, 9.17) is 0 Å². The number of piperazine rings is 1. The minimum absolute atomic E-state index is 0.0337. The normalized spacial score (nSPS) is 27.8. The largest absolute Gasteiger partial charge is 0.350 e. The molecule has 2 N–H and O–H groups in total. The van der Waals surface area contributed by atoms with E-state index < -0.39 is 11.6 Å². The van der Waals surface area contributed by atoms with Crippen LogP contribution in [0.5, 0.6) is 0 Å². The van der Waals surface area contributed by atoms with Gasteiger partial charge < -0.3 is 15.5 Å². The van der Waals surface area contributed by atoms with Gasteiger partial charge in [-0.15, -0.1) is 0 Å². The van der Waals surface area contributed by atoms with Gasteiger partial charge in [-0.1, -0.05) is 45.0 Å². The lowest BCUT2D eigenvalue weighted by molar-refractivity contribution is -0.137. The van der Waals surface area contributed by atoms with E-state index in [1.807, 2.05) is 12.1 Å². The first kappa shape index (κ1) is 24.7. The van der Waals surface area contributed by atoms with Crippen LogP contribution in [0.25, 0.3) is 0 Å². The molecule has 8 heteroatoms. The fourth-order valence-corrected chi connectivity index (χ4v) is 6.15. The highest BCUT2D eigenvalue weighted by atomic mass is 16.2. The summed E-state index contributed by atoms with van der Waals surface area (Å²) in [5.74, 6) is -0.255. The highest BCUT2D eigenvalue weighted by molar-refractivity contribution is 6.09. The number of nitrogens with one attached hydrogen (secondary N) is 2. The predicted octanol–water partition coefficient (Wildman–Crippen LogP) is 2.19. The van der Waals surface area contributed by atoms with Crippen LogP contribution < -0.4 is 10.6 Å². The van der Waals surface area contributed by atoms with Crippen molar-refractivity contribution in [1.82, 2.24) is 25.3 Å². The van der Waals surface area contributed by atoms with Gasteiger partial charge >= 0.3 is 6.03 Å². The summed E-state index contributed by atoms with van der Waals surface area (Å²) in [5.41, 5.74) is 1.32. The topological polar surface area (TPSA) is 85.0 Å². The summed E-state index contributed by atoms with van der Waals surface area (Å²) in [5, 5.41) is 5.82. The average Bonchev–Trinajstić information content (AvgIpc) is 2.96. The van der Waals surface area contributed by atoms with Crippen LogP contribution in [0.2, 0.25) is 0 Å². The van der Waals surface area contributed by atoms with Crippen molar-refractivity contribution in [2.45, 2.75) is 58.7 Å². The molecule has 3 fully saturated rings. The van der Waals surface area contributed by atoms with Gasteiger partial charge in [0.25, 0.3) is 5.91 Å². The van der Waals surface area contributed by atoms with Crippen molar-refractivity contribution in [1.29, 1.82) is 0 Å². The fourth-order valence-electron chi connectivity index (χ4n) is 6.15. The molecule has 2 saturated heterocycles. The molecule has 1 spiro atoms. The number of rotatable bonds is 6. The Balaban J connectivity index is 1.31. The van der Waals surface area contributed by atoms with Gasteiger partial charge in [-0.05, 0) is 48.8 Å². The molecule has 1 aromatic carbocycles. The molecule has 186 valence electrons. The van der Waals surface area contributed by atoms with Crippen LogP contribution in [0.3, 0.4) is 0 Å². The lowest BCUT2D eigenvalue weighted by Crippen LogP contribution is -2.54. The average molecular weight is 470 g/mol. The van der Waals surface area contributed by atoms with E-state index in [1.165, 1.54) is 5.56 Å². The Kier molecular flexibility index (Phi) is 7.01.